The van der Waals surface area contributed by atoms with Crippen LogP contribution in [0.1, 0.15) is 13.8 Å². The molecule has 1 saturated heterocycles. The molecular formula is C14H17N3O4. The Labute approximate surface area is 122 Å². The van der Waals surface area contributed by atoms with Gasteiger partial charge in [0.05, 0.1) is 17.6 Å². The second-order valence-corrected chi connectivity index (χ2v) is 4.66. The first-order valence-electron chi connectivity index (χ1n) is 6.65. The minimum Gasteiger partial charge on any atom is -0.494 e. The van der Waals surface area contributed by atoms with Gasteiger partial charge < -0.3 is 15.4 Å². The second kappa shape index (κ2) is 6.36. The van der Waals surface area contributed by atoms with Crippen molar-refractivity contribution in [1.29, 1.82) is 0 Å². The molecule has 0 bridgehead atoms. The Balaban J connectivity index is 2.22. The molecule has 1 heterocycles. The maximum Gasteiger partial charge on any atom is 0.296 e. The molecule has 1 aliphatic heterocycles. The largest absolute Gasteiger partial charge is 0.494 e. The molecule has 0 unspecified atom stereocenters. The highest BCUT2D eigenvalue weighted by Crippen LogP contribution is 2.29. The number of anilines is 1. The zero-order valence-corrected chi connectivity index (χ0v) is 11.9. The van der Waals surface area contributed by atoms with E-state index >= 15 is 0 Å². The molecule has 1 amide bonds. The van der Waals surface area contributed by atoms with Gasteiger partial charge >= 0.3 is 0 Å². The standard InChI is InChI=1S/C14H17N3O4/c1-3-21-11-4-5-12(13(6-11)17(19)20)16-14(18)9(2)10-7-15-8-10/h4-6,15H,3,7-8H2,1-2H3,(H,16,18). The normalized spacial score (nSPS) is 13.3. The summed E-state index contributed by atoms with van der Waals surface area (Å²) in [7, 11) is 0. The van der Waals surface area contributed by atoms with E-state index in [1.807, 2.05) is 0 Å². The lowest BCUT2D eigenvalue weighted by Gasteiger charge is -2.21. The highest BCUT2D eigenvalue weighted by molar-refractivity contribution is 6.05. The summed E-state index contributed by atoms with van der Waals surface area (Å²) < 4.78 is 5.23. The van der Waals surface area contributed by atoms with Crippen LogP contribution in [0, 0.1) is 10.1 Å². The number of ether oxygens (including phenoxy) is 1. The number of hydrogen-bond donors (Lipinski definition) is 2. The lowest BCUT2D eigenvalue weighted by Crippen LogP contribution is -2.36. The quantitative estimate of drug-likeness (QED) is 0.490. The summed E-state index contributed by atoms with van der Waals surface area (Å²) >= 11 is 0. The predicted octanol–water partition coefficient (Wildman–Crippen LogP) is 1.85. The minimum absolute atomic E-state index is 0.167. The zero-order chi connectivity index (χ0) is 15.4. The van der Waals surface area contributed by atoms with Gasteiger partial charge in [0.15, 0.2) is 0 Å². The van der Waals surface area contributed by atoms with Gasteiger partial charge in [0.2, 0.25) is 0 Å². The van der Waals surface area contributed by atoms with E-state index in [0.29, 0.717) is 31.0 Å². The van der Waals surface area contributed by atoms with E-state index in [2.05, 4.69) is 10.6 Å². The van der Waals surface area contributed by atoms with Gasteiger partial charge in [-0.25, -0.2) is 0 Å². The van der Waals surface area contributed by atoms with Crippen LogP contribution in [0.2, 0.25) is 0 Å². The summed E-state index contributed by atoms with van der Waals surface area (Å²) in [6.45, 7) is 5.30. The van der Waals surface area contributed by atoms with Crippen LogP contribution in [-0.2, 0) is 4.79 Å². The maximum absolute atomic E-state index is 12.1. The molecular weight excluding hydrogens is 274 g/mol. The summed E-state index contributed by atoms with van der Waals surface area (Å²) in [6.07, 6.45) is 0. The molecule has 1 aromatic rings. The van der Waals surface area contributed by atoms with Crippen molar-refractivity contribution in [2.24, 2.45) is 0 Å². The van der Waals surface area contributed by atoms with Gasteiger partial charge in [-0.15, -0.1) is 0 Å². The van der Waals surface area contributed by atoms with Crippen molar-refractivity contribution >= 4 is 17.3 Å². The molecule has 2 rings (SSSR count). The lowest BCUT2D eigenvalue weighted by atomic mass is 10.0. The molecule has 112 valence electrons. The average Bonchev–Trinajstić information content (AvgIpc) is 2.38. The average molecular weight is 291 g/mol. The number of nitro benzene ring substituents is 1. The maximum atomic E-state index is 12.1. The fourth-order valence-corrected chi connectivity index (χ4v) is 1.92. The van der Waals surface area contributed by atoms with Gasteiger partial charge in [0, 0.05) is 18.7 Å². The molecule has 0 aromatic heterocycles. The Kier molecular flexibility index (Phi) is 4.54. The lowest BCUT2D eigenvalue weighted by molar-refractivity contribution is -0.384. The van der Waals surface area contributed by atoms with Crippen LogP contribution >= 0.6 is 0 Å². The Hall–Kier alpha value is -2.41. The van der Waals surface area contributed by atoms with Gasteiger partial charge in [-0.1, -0.05) is 0 Å². The third-order valence-corrected chi connectivity index (χ3v) is 3.27. The Morgan fingerprint density at radius 3 is 2.71 bits per heavy atom. The van der Waals surface area contributed by atoms with Crippen LogP contribution in [-0.4, -0.2) is 30.5 Å². The summed E-state index contributed by atoms with van der Waals surface area (Å²) in [5, 5.41) is 16.7. The first-order chi connectivity index (χ1) is 10.0. The number of benzene rings is 1. The first kappa shape index (κ1) is 15.0. The number of nitro groups is 1. The van der Waals surface area contributed by atoms with Gasteiger partial charge in [0.1, 0.15) is 11.4 Å². The van der Waals surface area contributed by atoms with Crippen LogP contribution < -0.4 is 15.4 Å². The molecule has 2 N–H and O–H groups in total. The van der Waals surface area contributed by atoms with E-state index in [4.69, 9.17) is 4.74 Å². The predicted molar refractivity (Wildman–Crippen MR) is 78.5 cm³/mol. The summed E-state index contributed by atoms with van der Waals surface area (Å²) in [6, 6.07) is 4.39. The fraction of sp³-hybridized carbons (Fsp3) is 0.357. The summed E-state index contributed by atoms with van der Waals surface area (Å²) in [5.41, 5.74) is 1.59. The van der Waals surface area contributed by atoms with Crippen LogP contribution in [0.15, 0.2) is 29.3 Å². The number of hydrogen-bond acceptors (Lipinski definition) is 5. The number of amides is 1. The SMILES string of the molecule is CCOc1ccc(NC(=O)C(C)=C2CNC2)c([N+](=O)[O-])c1. The van der Waals surface area contributed by atoms with E-state index in [-0.39, 0.29) is 17.3 Å². The molecule has 7 nitrogen and oxygen atoms in total. The number of nitrogens with one attached hydrogen (secondary N) is 2. The highest BCUT2D eigenvalue weighted by atomic mass is 16.6. The molecule has 0 aliphatic carbocycles. The van der Waals surface area contributed by atoms with Gasteiger partial charge in [-0.3, -0.25) is 14.9 Å². The monoisotopic (exact) mass is 291 g/mol. The topological polar surface area (TPSA) is 93.5 Å². The summed E-state index contributed by atoms with van der Waals surface area (Å²) in [4.78, 5) is 22.7. The van der Waals surface area contributed by atoms with Crippen molar-refractivity contribution in [3.05, 3.63) is 39.5 Å². The van der Waals surface area contributed by atoms with E-state index in [0.717, 1.165) is 5.57 Å². The third kappa shape index (κ3) is 3.38. The van der Waals surface area contributed by atoms with Crippen LogP contribution in [0.4, 0.5) is 11.4 Å². The molecule has 21 heavy (non-hydrogen) atoms. The van der Waals surface area contributed by atoms with Crippen molar-refractivity contribution in [3.63, 3.8) is 0 Å². The number of carbonyl (C=O) groups excluding carboxylic acids is 1. The molecule has 1 fully saturated rings. The van der Waals surface area contributed by atoms with E-state index in [1.165, 1.54) is 12.1 Å². The van der Waals surface area contributed by atoms with E-state index in [1.54, 1.807) is 19.9 Å². The Bertz CT molecular complexity index is 604. The molecule has 0 spiro atoms. The van der Waals surface area contributed by atoms with Gasteiger partial charge in [-0.05, 0) is 31.6 Å². The number of rotatable bonds is 5. The van der Waals surface area contributed by atoms with Crippen LogP contribution in [0.5, 0.6) is 5.75 Å². The molecule has 1 aliphatic rings. The van der Waals surface area contributed by atoms with Gasteiger partial charge in [0.25, 0.3) is 11.6 Å². The molecule has 7 heteroatoms. The van der Waals surface area contributed by atoms with Crippen molar-refractivity contribution in [3.8, 4) is 5.75 Å². The van der Waals surface area contributed by atoms with Crippen molar-refractivity contribution in [2.45, 2.75) is 13.8 Å². The second-order valence-electron chi connectivity index (χ2n) is 4.66. The fourth-order valence-electron chi connectivity index (χ4n) is 1.92. The molecule has 1 aromatic carbocycles. The number of nitrogens with zero attached hydrogens (tertiary/aromatic N) is 1. The first-order valence-corrected chi connectivity index (χ1v) is 6.65. The van der Waals surface area contributed by atoms with E-state index < -0.39 is 4.92 Å². The van der Waals surface area contributed by atoms with E-state index in [9.17, 15) is 14.9 Å². The molecule has 0 atom stereocenters. The molecule has 0 radical (unpaired) electrons. The zero-order valence-electron chi connectivity index (χ0n) is 11.9. The van der Waals surface area contributed by atoms with Crippen molar-refractivity contribution in [2.75, 3.05) is 25.0 Å². The Morgan fingerprint density at radius 1 is 1.48 bits per heavy atom. The van der Waals surface area contributed by atoms with Gasteiger partial charge in [-0.2, -0.15) is 0 Å². The van der Waals surface area contributed by atoms with Crippen molar-refractivity contribution in [1.82, 2.24) is 5.32 Å². The van der Waals surface area contributed by atoms with Crippen LogP contribution in [0.25, 0.3) is 0 Å². The number of carbonyl (C=O) groups is 1. The summed E-state index contributed by atoms with van der Waals surface area (Å²) in [5.74, 6) is 0.0826. The third-order valence-electron chi connectivity index (χ3n) is 3.27. The van der Waals surface area contributed by atoms with Crippen molar-refractivity contribution < 1.29 is 14.5 Å². The smallest absolute Gasteiger partial charge is 0.296 e. The van der Waals surface area contributed by atoms with Crippen LogP contribution in [0.3, 0.4) is 0 Å². The Morgan fingerprint density at radius 2 is 2.19 bits per heavy atom. The minimum atomic E-state index is -0.536. The molecule has 0 saturated carbocycles. The highest BCUT2D eigenvalue weighted by Gasteiger charge is 2.20.